The van der Waals surface area contributed by atoms with E-state index in [0.717, 1.165) is 21.7 Å². The number of amides is 1. The number of hydrogen-bond donors (Lipinski definition) is 1. The number of anilines is 1. The van der Waals surface area contributed by atoms with Crippen molar-refractivity contribution in [2.75, 3.05) is 24.2 Å². The van der Waals surface area contributed by atoms with Crippen LogP contribution < -0.4 is 19.2 Å². The summed E-state index contributed by atoms with van der Waals surface area (Å²) in [5.41, 5.74) is 5.41. The van der Waals surface area contributed by atoms with Crippen LogP contribution in [0.1, 0.15) is 23.6 Å². The summed E-state index contributed by atoms with van der Waals surface area (Å²) in [5.74, 6) is 0.541. The van der Waals surface area contributed by atoms with Crippen LogP contribution in [-0.4, -0.2) is 40.4 Å². The van der Waals surface area contributed by atoms with E-state index in [2.05, 4.69) is 10.5 Å². The Morgan fingerprint density at radius 1 is 1.03 bits per heavy atom. The Balaban J connectivity index is 1.65. The fourth-order valence-electron chi connectivity index (χ4n) is 3.40. The van der Waals surface area contributed by atoms with Crippen LogP contribution in [0, 0.1) is 0 Å². The van der Waals surface area contributed by atoms with E-state index in [0.29, 0.717) is 35.8 Å². The van der Waals surface area contributed by atoms with Gasteiger partial charge in [0.15, 0.2) is 11.5 Å². The fourth-order valence-corrected chi connectivity index (χ4v) is 4.28. The number of nitrogens with one attached hydrogen (secondary N) is 1. The van der Waals surface area contributed by atoms with E-state index in [4.69, 9.17) is 9.47 Å². The molecular weight excluding hydrogens is 466 g/mol. The zero-order chi connectivity index (χ0) is 25.3. The van der Waals surface area contributed by atoms with Crippen molar-refractivity contribution in [1.29, 1.82) is 0 Å². The zero-order valence-corrected chi connectivity index (χ0v) is 20.8. The third-order valence-electron chi connectivity index (χ3n) is 5.16. The number of benzene rings is 3. The van der Waals surface area contributed by atoms with Crippen LogP contribution in [0.15, 0.2) is 77.9 Å². The Labute approximate surface area is 206 Å². The van der Waals surface area contributed by atoms with Crippen molar-refractivity contribution in [1.82, 2.24) is 5.43 Å². The maximum absolute atomic E-state index is 12.5. The number of hydrazone groups is 1. The number of carbonyl (C=O) groups excluding carboxylic acids is 1. The summed E-state index contributed by atoms with van der Waals surface area (Å²) in [6, 6.07) is 22.1. The number of nitrogens with zero attached hydrogens (tertiary/aromatic N) is 2. The average molecular weight is 496 g/mol. The topological polar surface area (TPSA) is 97.3 Å². The third-order valence-corrected chi connectivity index (χ3v) is 6.28. The molecule has 0 aliphatic heterocycles. The van der Waals surface area contributed by atoms with Gasteiger partial charge in [0.05, 0.1) is 25.3 Å². The molecule has 1 N–H and O–H groups in total. The molecule has 0 bridgehead atoms. The van der Waals surface area contributed by atoms with Crippen molar-refractivity contribution in [2.45, 2.75) is 20.0 Å². The molecule has 3 aromatic carbocycles. The highest BCUT2D eigenvalue weighted by atomic mass is 32.2. The predicted octanol–water partition coefficient (Wildman–Crippen LogP) is 3.75. The minimum absolute atomic E-state index is 0.386. The van der Waals surface area contributed by atoms with Crippen molar-refractivity contribution in [3.05, 3.63) is 89.5 Å². The van der Waals surface area contributed by atoms with Crippen LogP contribution in [0.5, 0.6) is 11.5 Å². The molecule has 0 unspecified atom stereocenters. The lowest BCUT2D eigenvalue weighted by atomic mass is 10.1. The largest absolute Gasteiger partial charge is 0.493 e. The number of hydrogen-bond acceptors (Lipinski definition) is 6. The fraction of sp³-hybridized carbons (Fsp3) is 0.231. The quantitative estimate of drug-likeness (QED) is 0.323. The van der Waals surface area contributed by atoms with Crippen LogP contribution >= 0.6 is 0 Å². The van der Waals surface area contributed by atoms with Gasteiger partial charge in [0.25, 0.3) is 5.91 Å². The molecule has 0 saturated heterocycles. The molecule has 0 radical (unpaired) electrons. The van der Waals surface area contributed by atoms with Crippen LogP contribution in [-0.2, 0) is 27.8 Å². The van der Waals surface area contributed by atoms with Crippen molar-refractivity contribution in [3.8, 4) is 11.5 Å². The summed E-state index contributed by atoms with van der Waals surface area (Å²) in [4.78, 5) is 12.5. The van der Waals surface area contributed by atoms with E-state index in [1.54, 1.807) is 37.4 Å². The SMILES string of the molecule is CCc1ccccc1N(CC(=O)N/N=C\c1ccc(OCc2ccccc2)c(OC)c1)S(C)(=O)=O. The molecule has 0 atom stereocenters. The molecule has 9 heteroatoms. The van der Waals surface area contributed by atoms with Gasteiger partial charge in [0, 0.05) is 0 Å². The van der Waals surface area contributed by atoms with Gasteiger partial charge in [-0.3, -0.25) is 9.10 Å². The highest BCUT2D eigenvalue weighted by Crippen LogP contribution is 2.28. The lowest BCUT2D eigenvalue weighted by molar-refractivity contribution is -0.119. The van der Waals surface area contributed by atoms with Crippen molar-refractivity contribution < 1.29 is 22.7 Å². The van der Waals surface area contributed by atoms with E-state index in [9.17, 15) is 13.2 Å². The normalized spacial score (nSPS) is 11.3. The molecule has 0 saturated carbocycles. The van der Waals surface area contributed by atoms with Gasteiger partial charge >= 0.3 is 0 Å². The minimum Gasteiger partial charge on any atom is -0.493 e. The molecule has 184 valence electrons. The molecule has 0 spiro atoms. The molecule has 3 aromatic rings. The minimum atomic E-state index is -3.67. The highest BCUT2D eigenvalue weighted by Gasteiger charge is 2.22. The van der Waals surface area contributed by atoms with Gasteiger partial charge in [0.2, 0.25) is 10.0 Å². The molecule has 8 nitrogen and oxygen atoms in total. The first-order valence-electron chi connectivity index (χ1n) is 11.0. The van der Waals surface area contributed by atoms with E-state index in [-0.39, 0.29) is 6.54 Å². The predicted molar refractivity (Wildman–Crippen MR) is 138 cm³/mol. The van der Waals surface area contributed by atoms with Crippen LogP contribution in [0.3, 0.4) is 0 Å². The second-order valence-corrected chi connectivity index (χ2v) is 9.64. The second kappa shape index (κ2) is 12.0. The van der Waals surface area contributed by atoms with E-state index in [1.807, 2.05) is 49.4 Å². The van der Waals surface area contributed by atoms with Crippen LogP contribution in [0.2, 0.25) is 0 Å². The van der Waals surface area contributed by atoms with Gasteiger partial charge in [0.1, 0.15) is 13.2 Å². The first-order valence-corrected chi connectivity index (χ1v) is 12.9. The van der Waals surface area contributed by atoms with Gasteiger partial charge in [-0.15, -0.1) is 0 Å². The van der Waals surface area contributed by atoms with Crippen molar-refractivity contribution in [2.24, 2.45) is 5.10 Å². The van der Waals surface area contributed by atoms with Gasteiger partial charge in [-0.2, -0.15) is 5.10 Å². The molecule has 1 amide bonds. The first kappa shape index (κ1) is 25.8. The molecule has 35 heavy (non-hydrogen) atoms. The lowest BCUT2D eigenvalue weighted by Gasteiger charge is -2.23. The number of sulfonamides is 1. The molecule has 0 aliphatic rings. The standard InChI is InChI=1S/C26H29N3O5S/c1-4-22-12-8-9-13-23(22)29(35(3,31)32)18-26(30)28-27-17-21-14-15-24(25(16-21)33-2)34-19-20-10-6-5-7-11-20/h5-17H,4,18-19H2,1-3H3,(H,28,30)/b27-17-. The van der Waals surface area contributed by atoms with Gasteiger partial charge < -0.3 is 9.47 Å². The first-order chi connectivity index (χ1) is 16.8. The third kappa shape index (κ3) is 7.31. The van der Waals surface area contributed by atoms with Crippen molar-refractivity contribution in [3.63, 3.8) is 0 Å². The summed E-state index contributed by atoms with van der Waals surface area (Å²) in [7, 11) is -2.13. The molecular formula is C26H29N3O5S. The van der Waals surface area contributed by atoms with Crippen molar-refractivity contribution >= 4 is 27.8 Å². The Morgan fingerprint density at radius 2 is 1.74 bits per heavy atom. The van der Waals surface area contributed by atoms with E-state index < -0.39 is 15.9 Å². The Morgan fingerprint density at radius 3 is 2.43 bits per heavy atom. The summed E-state index contributed by atoms with van der Waals surface area (Å²) >= 11 is 0. The number of para-hydroxylation sites is 1. The maximum atomic E-state index is 12.5. The number of methoxy groups -OCH3 is 1. The smallest absolute Gasteiger partial charge is 0.260 e. The number of carbonyl (C=O) groups is 1. The lowest BCUT2D eigenvalue weighted by Crippen LogP contribution is -2.39. The number of aryl methyl sites for hydroxylation is 1. The molecule has 3 rings (SSSR count). The Bertz CT molecular complexity index is 1280. The number of rotatable bonds is 11. The molecule has 0 heterocycles. The van der Waals surface area contributed by atoms with Gasteiger partial charge in [-0.1, -0.05) is 55.5 Å². The molecule has 0 aliphatic carbocycles. The summed E-state index contributed by atoms with van der Waals surface area (Å²) in [6.45, 7) is 1.94. The summed E-state index contributed by atoms with van der Waals surface area (Å²) in [6.07, 6.45) is 3.16. The maximum Gasteiger partial charge on any atom is 0.260 e. The van der Waals surface area contributed by atoms with Crippen LogP contribution in [0.25, 0.3) is 0 Å². The summed E-state index contributed by atoms with van der Waals surface area (Å²) < 4.78 is 37.1. The summed E-state index contributed by atoms with van der Waals surface area (Å²) in [5, 5.41) is 3.97. The average Bonchev–Trinajstić information content (AvgIpc) is 2.86. The van der Waals surface area contributed by atoms with Gasteiger partial charge in [-0.05, 0) is 47.4 Å². The van der Waals surface area contributed by atoms with Gasteiger partial charge in [-0.25, -0.2) is 13.8 Å². The second-order valence-electron chi connectivity index (χ2n) is 7.73. The Hall–Kier alpha value is -3.85. The van der Waals surface area contributed by atoms with E-state index >= 15 is 0 Å². The zero-order valence-electron chi connectivity index (χ0n) is 20.0. The van der Waals surface area contributed by atoms with Crippen LogP contribution in [0.4, 0.5) is 5.69 Å². The molecule has 0 fully saturated rings. The highest BCUT2D eigenvalue weighted by molar-refractivity contribution is 7.92. The number of ether oxygens (including phenoxy) is 2. The molecule has 0 aromatic heterocycles. The monoisotopic (exact) mass is 495 g/mol. The Kier molecular flexibility index (Phi) is 8.86. The van der Waals surface area contributed by atoms with E-state index in [1.165, 1.54) is 6.21 Å².